The van der Waals surface area contributed by atoms with Crippen molar-refractivity contribution in [3.63, 3.8) is 0 Å². The fraction of sp³-hybridized carbons (Fsp3) is 0.375. The second-order valence-electron chi connectivity index (χ2n) is 5.26. The molecule has 0 bridgehead atoms. The van der Waals surface area contributed by atoms with Gasteiger partial charge in [-0.3, -0.25) is 9.48 Å². The first-order chi connectivity index (χ1) is 11.0. The van der Waals surface area contributed by atoms with E-state index in [1.54, 1.807) is 12.3 Å². The van der Waals surface area contributed by atoms with Gasteiger partial charge < -0.3 is 10.1 Å². The number of amides is 1. The summed E-state index contributed by atoms with van der Waals surface area (Å²) < 4.78 is 21.1. The molecule has 0 saturated carbocycles. The molecule has 1 aromatic carbocycles. The van der Waals surface area contributed by atoms with Gasteiger partial charge in [-0.25, -0.2) is 4.39 Å². The maximum Gasteiger partial charge on any atom is 0.220 e. The second kappa shape index (κ2) is 8.10. The molecule has 1 atom stereocenters. The predicted molar refractivity (Wildman–Crippen MR) is 88.7 cm³/mol. The number of halogens is 2. The summed E-state index contributed by atoms with van der Waals surface area (Å²) in [7, 11) is 1.52. The Morgan fingerprint density at radius 1 is 1.52 bits per heavy atom. The Hall–Kier alpha value is -1.89. The van der Waals surface area contributed by atoms with Crippen molar-refractivity contribution in [1.29, 1.82) is 0 Å². The van der Waals surface area contributed by atoms with Crippen molar-refractivity contribution in [2.45, 2.75) is 32.4 Å². The Bertz CT molecular complexity index is 675. The van der Waals surface area contributed by atoms with E-state index in [9.17, 15) is 9.18 Å². The maximum atomic E-state index is 13.3. The third kappa shape index (κ3) is 5.06. The average molecular weight is 384 g/mol. The summed E-state index contributed by atoms with van der Waals surface area (Å²) >= 11 is 3.35. The first kappa shape index (κ1) is 17.5. The number of carbonyl (C=O) groups excluding carboxylic acids is 1. The van der Waals surface area contributed by atoms with Crippen LogP contribution in [0, 0.1) is 5.82 Å². The fourth-order valence-electron chi connectivity index (χ4n) is 2.20. The van der Waals surface area contributed by atoms with E-state index >= 15 is 0 Å². The first-order valence-corrected chi connectivity index (χ1v) is 8.07. The van der Waals surface area contributed by atoms with E-state index in [-0.39, 0.29) is 24.3 Å². The number of ether oxygens (including phenoxy) is 1. The zero-order chi connectivity index (χ0) is 16.8. The van der Waals surface area contributed by atoms with Crippen molar-refractivity contribution in [2.75, 3.05) is 7.11 Å². The second-order valence-corrected chi connectivity index (χ2v) is 6.17. The van der Waals surface area contributed by atoms with Crippen molar-refractivity contribution in [3.8, 4) is 5.75 Å². The quantitative estimate of drug-likeness (QED) is 0.796. The maximum absolute atomic E-state index is 13.3. The van der Waals surface area contributed by atoms with E-state index < -0.39 is 0 Å². The molecule has 1 aromatic heterocycles. The number of aromatic nitrogens is 2. The van der Waals surface area contributed by atoms with Gasteiger partial charge in [-0.2, -0.15) is 5.10 Å². The minimum atomic E-state index is -0.354. The molecule has 23 heavy (non-hydrogen) atoms. The van der Waals surface area contributed by atoms with Crippen LogP contribution in [-0.2, 0) is 11.3 Å². The molecule has 1 N–H and O–H groups in total. The normalized spacial score (nSPS) is 12.0. The van der Waals surface area contributed by atoms with Crippen LogP contribution in [0.5, 0.6) is 5.75 Å². The van der Waals surface area contributed by atoms with Crippen LogP contribution in [0.2, 0.25) is 0 Å². The molecular formula is C16H19BrFN3O2. The lowest BCUT2D eigenvalue weighted by Crippen LogP contribution is -2.23. The third-order valence-electron chi connectivity index (χ3n) is 3.53. The molecule has 0 saturated heterocycles. The molecule has 2 aromatic rings. The SMILES string of the molecule is COc1ccc(F)cc1CNC(=O)CCC(C)n1cc(Br)cn1. The highest BCUT2D eigenvalue weighted by molar-refractivity contribution is 9.10. The Morgan fingerprint density at radius 3 is 2.96 bits per heavy atom. The van der Waals surface area contributed by atoms with Gasteiger partial charge >= 0.3 is 0 Å². The van der Waals surface area contributed by atoms with E-state index in [1.165, 1.54) is 19.2 Å². The fourth-order valence-corrected chi connectivity index (χ4v) is 2.50. The van der Waals surface area contributed by atoms with E-state index in [2.05, 4.69) is 26.3 Å². The predicted octanol–water partition coefficient (Wildman–Crippen LogP) is 3.45. The number of methoxy groups -OCH3 is 1. The molecule has 124 valence electrons. The number of hydrogen-bond acceptors (Lipinski definition) is 3. The summed E-state index contributed by atoms with van der Waals surface area (Å²) in [6, 6.07) is 4.36. The monoisotopic (exact) mass is 383 g/mol. The van der Waals surface area contributed by atoms with Gasteiger partial charge in [0.15, 0.2) is 0 Å². The third-order valence-corrected chi connectivity index (χ3v) is 3.94. The summed E-state index contributed by atoms with van der Waals surface area (Å²) in [5, 5.41) is 6.99. The van der Waals surface area contributed by atoms with Crippen molar-refractivity contribution in [3.05, 3.63) is 46.4 Å². The van der Waals surface area contributed by atoms with Crippen molar-refractivity contribution >= 4 is 21.8 Å². The van der Waals surface area contributed by atoms with Crippen LogP contribution >= 0.6 is 15.9 Å². The summed E-state index contributed by atoms with van der Waals surface area (Å²) in [5.74, 6) is 0.115. The van der Waals surface area contributed by atoms with Crippen LogP contribution in [0.15, 0.2) is 35.1 Å². The Labute approximate surface area is 143 Å². The highest BCUT2D eigenvalue weighted by Gasteiger charge is 2.11. The minimum Gasteiger partial charge on any atom is -0.496 e. The molecule has 1 unspecified atom stereocenters. The Morgan fingerprint density at radius 2 is 2.30 bits per heavy atom. The number of rotatable bonds is 7. The van der Waals surface area contributed by atoms with E-state index in [0.29, 0.717) is 24.2 Å². The van der Waals surface area contributed by atoms with Crippen LogP contribution in [0.25, 0.3) is 0 Å². The topological polar surface area (TPSA) is 56.1 Å². The van der Waals surface area contributed by atoms with Crippen LogP contribution in [0.3, 0.4) is 0 Å². The molecule has 7 heteroatoms. The zero-order valence-electron chi connectivity index (χ0n) is 13.1. The van der Waals surface area contributed by atoms with Crippen LogP contribution < -0.4 is 10.1 Å². The van der Waals surface area contributed by atoms with E-state index in [1.807, 2.05) is 17.8 Å². The standard InChI is InChI=1S/C16H19BrFN3O2/c1-11(21-10-13(17)9-20-21)3-6-16(22)19-8-12-7-14(18)4-5-15(12)23-2/h4-5,7,9-11H,3,6,8H2,1-2H3,(H,19,22). The molecule has 0 aliphatic rings. The first-order valence-electron chi connectivity index (χ1n) is 7.28. The minimum absolute atomic E-state index is 0.0885. The number of carbonyl (C=O) groups is 1. The number of hydrogen-bond donors (Lipinski definition) is 1. The van der Waals surface area contributed by atoms with Crippen LogP contribution in [0.1, 0.15) is 31.4 Å². The molecule has 5 nitrogen and oxygen atoms in total. The molecule has 0 fully saturated rings. The van der Waals surface area contributed by atoms with Gasteiger partial charge in [0.1, 0.15) is 11.6 Å². The highest BCUT2D eigenvalue weighted by atomic mass is 79.9. The van der Waals surface area contributed by atoms with E-state index in [0.717, 1.165) is 4.47 Å². The largest absolute Gasteiger partial charge is 0.496 e. The Kier molecular flexibility index (Phi) is 6.15. The average Bonchev–Trinajstić information content (AvgIpc) is 2.97. The van der Waals surface area contributed by atoms with Gasteiger partial charge in [-0.1, -0.05) is 0 Å². The number of benzene rings is 1. The van der Waals surface area contributed by atoms with Gasteiger partial charge in [-0.15, -0.1) is 0 Å². The van der Waals surface area contributed by atoms with Gasteiger partial charge in [0.25, 0.3) is 0 Å². The number of nitrogens with one attached hydrogen (secondary N) is 1. The van der Waals surface area contributed by atoms with Gasteiger partial charge in [0, 0.05) is 30.8 Å². The molecule has 1 amide bonds. The summed E-state index contributed by atoms with van der Waals surface area (Å²) in [5.41, 5.74) is 0.616. The van der Waals surface area contributed by atoms with Crippen LogP contribution in [0.4, 0.5) is 4.39 Å². The van der Waals surface area contributed by atoms with Gasteiger partial charge in [-0.05, 0) is 47.5 Å². The lowest BCUT2D eigenvalue weighted by Gasteiger charge is -2.13. The molecule has 0 aliphatic heterocycles. The number of nitrogens with zero attached hydrogens (tertiary/aromatic N) is 2. The molecule has 0 spiro atoms. The molecule has 2 rings (SSSR count). The molecule has 0 radical (unpaired) electrons. The lowest BCUT2D eigenvalue weighted by molar-refractivity contribution is -0.121. The van der Waals surface area contributed by atoms with Gasteiger partial charge in [0.05, 0.1) is 17.8 Å². The van der Waals surface area contributed by atoms with Crippen molar-refractivity contribution in [2.24, 2.45) is 0 Å². The van der Waals surface area contributed by atoms with Crippen molar-refractivity contribution in [1.82, 2.24) is 15.1 Å². The highest BCUT2D eigenvalue weighted by Crippen LogP contribution is 2.19. The molecule has 1 heterocycles. The summed E-state index contributed by atoms with van der Waals surface area (Å²) in [6.07, 6.45) is 4.63. The lowest BCUT2D eigenvalue weighted by atomic mass is 10.1. The zero-order valence-corrected chi connectivity index (χ0v) is 14.6. The van der Waals surface area contributed by atoms with Crippen LogP contribution in [-0.4, -0.2) is 22.8 Å². The van der Waals surface area contributed by atoms with Gasteiger partial charge in [0.2, 0.25) is 5.91 Å². The molecular weight excluding hydrogens is 365 g/mol. The Balaban J connectivity index is 1.82. The smallest absolute Gasteiger partial charge is 0.220 e. The molecule has 0 aliphatic carbocycles. The van der Waals surface area contributed by atoms with E-state index in [4.69, 9.17) is 4.74 Å². The summed E-state index contributed by atoms with van der Waals surface area (Å²) in [4.78, 5) is 12.0. The van der Waals surface area contributed by atoms with Crippen molar-refractivity contribution < 1.29 is 13.9 Å². The summed E-state index contributed by atoms with van der Waals surface area (Å²) in [6.45, 7) is 2.24.